The lowest BCUT2D eigenvalue weighted by atomic mass is 10.0. The van der Waals surface area contributed by atoms with Crippen LogP contribution in [0.5, 0.6) is 0 Å². The van der Waals surface area contributed by atoms with Crippen molar-refractivity contribution < 1.29 is 14.3 Å². The van der Waals surface area contributed by atoms with Gasteiger partial charge >= 0.3 is 12.0 Å². The van der Waals surface area contributed by atoms with Crippen molar-refractivity contribution >= 4 is 34.8 Å². The Morgan fingerprint density at radius 3 is 2.75 bits per heavy atom. The molecule has 1 aliphatic rings. The SMILES string of the molecule is CCOC(=O)C1=C(CSc2nc3ccccc3n2C(C)C)NC(=O)N[C@@H]1CC. The first-order valence-corrected chi connectivity index (χ1v) is 10.5. The number of hydrogen-bond donors (Lipinski definition) is 2. The molecule has 2 aromatic rings. The summed E-state index contributed by atoms with van der Waals surface area (Å²) in [7, 11) is 0. The molecule has 150 valence electrons. The molecule has 0 radical (unpaired) electrons. The van der Waals surface area contributed by atoms with Crippen LogP contribution in [0.15, 0.2) is 40.7 Å². The number of carbonyl (C=O) groups excluding carboxylic acids is 2. The van der Waals surface area contributed by atoms with Crippen molar-refractivity contribution in [1.29, 1.82) is 0 Å². The standard InChI is InChI=1S/C20H26N4O3S/c1-5-13-17(18(25)27-6-2)15(22-19(26)21-13)11-28-20-23-14-9-7-8-10-16(14)24(20)12(3)4/h7-10,12-13H,5-6,11H2,1-4H3,(H2,21,22,26)/t13-/m1/s1. The van der Waals surface area contributed by atoms with Crippen molar-refractivity contribution in [3.63, 3.8) is 0 Å². The highest BCUT2D eigenvalue weighted by atomic mass is 32.2. The molecule has 7 nitrogen and oxygen atoms in total. The molecule has 1 aromatic carbocycles. The Hall–Kier alpha value is -2.48. The second kappa shape index (κ2) is 8.68. The van der Waals surface area contributed by atoms with Crippen molar-refractivity contribution in [3.8, 4) is 0 Å². The smallest absolute Gasteiger partial charge is 0.337 e. The Morgan fingerprint density at radius 1 is 1.32 bits per heavy atom. The van der Waals surface area contributed by atoms with E-state index in [1.165, 1.54) is 11.8 Å². The van der Waals surface area contributed by atoms with Crippen LogP contribution in [-0.2, 0) is 9.53 Å². The molecule has 0 fully saturated rings. The van der Waals surface area contributed by atoms with Crippen LogP contribution < -0.4 is 10.6 Å². The van der Waals surface area contributed by atoms with Gasteiger partial charge < -0.3 is 19.9 Å². The van der Waals surface area contributed by atoms with Crippen LogP contribution in [0.2, 0.25) is 0 Å². The van der Waals surface area contributed by atoms with E-state index in [4.69, 9.17) is 9.72 Å². The van der Waals surface area contributed by atoms with Crippen LogP contribution in [-0.4, -0.2) is 40.0 Å². The van der Waals surface area contributed by atoms with Gasteiger partial charge in [0.05, 0.1) is 29.3 Å². The second-order valence-electron chi connectivity index (χ2n) is 6.81. The van der Waals surface area contributed by atoms with Gasteiger partial charge in [0.25, 0.3) is 0 Å². The van der Waals surface area contributed by atoms with Crippen LogP contribution in [0.3, 0.4) is 0 Å². The molecular weight excluding hydrogens is 376 g/mol. The fraction of sp³-hybridized carbons (Fsp3) is 0.450. The number of esters is 1. The van der Waals surface area contributed by atoms with Crippen LogP contribution in [0, 0.1) is 0 Å². The molecule has 1 atom stereocenters. The van der Waals surface area contributed by atoms with Gasteiger partial charge in [-0.2, -0.15) is 0 Å². The molecule has 2 N–H and O–H groups in total. The van der Waals surface area contributed by atoms with Crippen molar-refractivity contribution in [2.24, 2.45) is 0 Å². The minimum atomic E-state index is -0.394. The van der Waals surface area contributed by atoms with Gasteiger partial charge in [-0.1, -0.05) is 30.8 Å². The van der Waals surface area contributed by atoms with E-state index in [0.717, 1.165) is 16.2 Å². The monoisotopic (exact) mass is 402 g/mol. The number of para-hydroxylation sites is 2. The topological polar surface area (TPSA) is 85.2 Å². The third-order valence-electron chi connectivity index (χ3n) is 4.57. The van der Waals surface area contributed by atoms with Gasteiger partial charge in [-0.05, 0) is 39.3 Å². The van der Waals surface area contributed by atoms with Gasteiger partial charge in [0.1, 0.15) is 0 Å². The predicted molar refractivity (Wildman–Crippen MR) is 110 cm³/mol. The van der Waals surface area contributed by atoms with E-state index in [1.807, 2.05) is 25.1 Å². The Bertz CT molecular complexity index is 919. The van der Waals surface area contributed by atoms with Gasteiger partial charge in [-0.25, -0.2) is 14.6 Å². The third kappa shape index (κ3) is 4.01. The zero-order chi connectivity index (χ0) is 20.3. The molecule has 0 aliphatic carbocycles. The highest BCUT2D eigenvalue weighted by molar-refractivity contribution is 7.99. The molecule has 0 spiro atoms. The molecule has 3 rings (SSSR count). The van der Waals surface area contributed by atoms with Gasteiger partial charge in [0.2, 0.25) is 0 Å². The van der Waals surface area contributed by atoms with Crippen molar-refractivity contribution in [2.75, 3.05) is 12.4 Å². The number of nitrogens with zero attached hydrogens (tertiary/aromatic N) is 2. The quantitative estimate of drug-likeness (QED) is 0.546. The van der Waals surface area contributed by atoms with E-state index in [2.05, 4.69) is 35.1 Å². The average Bonchev–Trinajstić information content (AvgIpc) is 3.04. The molecule has 0 unspecified atom stereocenters. The maximum Gasteiger partial charge on any atom is 0.337 e. The zero-order valence-corrected chi connectivity index (χ0v) is 17.4. The van der Waals surface area contributed by atoms with Crippen LogP contribution in [0.4, 0.5) is 4.79 Å². The molecule has 8 heteroatoms. The van der Waals surface area contributed by atoms with Crippen LogP contribution >= 0.6 is 11.8 Å². The van der Waals surface area contributed by atoms with Crippen molar-refractivity contribution in [2.45, 2.75) is 51.4 Å². The van der Waals surface area contributed by atoms with E-state index < -0.39 is 5.97 Å². The summed E-state index contributed by atoms with van der Waals surface area (Å²) in [4.78, 5) is 29.3. The van der Waals surface area contributed by atoms with E-state index in [0.29, 0.717) is 23.4 Å². The number of carbonyl (C=O) groups is 2. The Kier molecular flexibility index (Phi) is 6.28. The first-order valence-electron chi connectivity index (χ1n) is 9.53. The molecule has 0 bridgehead atoms. The summed E-state index contributed by atoms with van der Waals surface area (Å²) < 4.78 is 7.39. The minimum absolute atomic E-state index is 0.236. The van der Waals surface area contributed by atoms with Crippen molar-refractivity contribution in [1.82, 2.24) is 20.2 Å². The van der Waals surface area contributed by atoms with Crippen molar-refractivity contribution in [3.05, 3.63) is 35.5 Å². The van der Waals surface area contributed by atoms with E-state index in [9.17, 15) is 9.59 Å². The molecule has 1 aliphatic heterocycles. The number of amides is 2. The molecule has 2 heterocycles. The van der Waals surface area contributed by atoms with Crippen LogP contribution in [0.25, 0.3) is 11.0 Å². The lowest BCUT2D eigenvalue weighted by Crippen LogP contribution is -2.50. The zero-order valence-electron chi connectivity index (χ0n) is 16.6. The van der Waals surface area contributed by atoms with Gasteiger partial charge in [-0.15, -0.1) is 0 Å². The largest absolute Gasteiger partial charge is 0.463 e. The summed E-state index contributed by atoms with van der Waals surface area (Å²) in [5.74, 6) is 0.0310. The summed E-state index contributed by atoms with van der Waals surface area (Å²) in [6, 6.07) is 7.59. The highest BCUT2D eigenvalue weighted by Gasteiger charge is 2.31. The average molecular weight is 403 g/mol. The number of benzene rings is 1. The van der Waals surface area contributed by atoms with E-state index in [1.54, 1.807) is 6.92 Å². The highest BCUT2D eigenvalue weighted by Crippen LogP contribution is 2.30. The van der Waals surface area contributed by atoms with Gasteiger partial charge in [0.15, 0.2) is 5.16 Å². The first kappa shape index (κ1) is 20.3. The predicted octanol–water partition coefficient (Wildman–Crippen LogP) is 3.62. The summed E-state index contributed by atoms with van der Waals surface area (Å²) in [6.45, 7) is 8.21. The molecule has 0 saturated heterocycles. The number of nitrogens with one attached hydrogen (secondary N) is 2. The number of ether oxygens (including phenoxy) is 1. The Morgan fingerprint density at radius 2 is 2.07 bits per heavy atom. The summed E-state index contributed by atoms with van der Waals surface area (Å²) in [5, 5.41) is 6.44. The van der Waals surface area contributed by atoms with E-state index >= 15 is 0 Å². The lowest BCUT2D eigenvalue weighted by molar-refractivity contribution is -0.139. The number of urea groups is 1. The molecule has 0 saturated carbocycles. The number of aromatic nitrogens is 2. The maximum absolute atomic E-state index is 12.5. The fourth-order valence-corrected chi connectivity index (χ4v) is 4.45. The van der Waals surface area contributed by atoms with Crippen LogP contribution in [0.1, 0.15) is 40.2 Å². The summed E-state index contributed by atoms with van der Waals surface area (Å²) in [6.07, 6.45) is 0.611. The molecule has 1 aromatic heterocycles. The molecular formula is C20H26N4O3S. The third-order valence-corrected chi connectivity index (χ3v) is 5.55. The van der Waals surface area contributed by atoms with E-state index in [-0.39, 0.29) is 24.7 Å². The maximum atomic E-state index is 12.5. The summed E-state index contributed by atoms with van der Waals surface area (Å²) in [5.41, 5.74) is 3.07. The number of hydrogen-bond acceptors (Lipinski definition) is 5. The fourth-order valence-electron chi connectivity index (χ4n) is 3.34. The van der Waals surface area contributed by atoms with Gasteiger partial charge in [0, 0.05) is 17.5 Å². The molecule has 28 heavy (non-hydrogen) atoms. The minimum Gasteiger partial charge on any atom is -0.463 e. The van der Waals surface area contributed by atoms with Gasteiger partial charge in [-0.3, -0.25) is 0 Å². The first-order chi connectivity index (χ1) is 13.5. The number of imidazole rings is 1. The normalized spacial score (nSPS) is 17.0. The number of fused-ring (bicyclic) bond motifs is 1. The second-order valence-corrected chi connectivity index (χ2v) is 7.75. The Labute approximate surface area is 168 Å². The number of rotatable bonds is 7. The lowest BCUT2D eigenvalue weighted by Gasteiger charge is -2.28. The molecule has 2 amide bonds. The Balaban J connectivity index is 1.94. The summed E-state index contributed by atoms with van der Waals surface area (Å²) >= 11 is 1.51. The number of thioether (sulfide) groups is 1.